The zero-order valence-electron chi connectivity index (χ0n) is 10.7. The van der Waals surface area contributed by atoms with Crippen molar-refractivity contribution in [1.82, 2.24) is 0 Å². The zero-order chi connectivity index (χ0) is 13.9. The molecule has 0 aliphatic rings. The third-order valence-electron chi connectivity index (χ3n) is 3.02. The predicted octanol–water partition coefficient (Wildman–Crippen LogP) is 4.31. The predicted molar refractivity (Wildman–Crippen MR) is 77.3 cm³/mol. The monoisotopic (exact) mass is 265 g/mol. The average molecular weight is 265 g/mol. The van der Waals surface area contributed by atoms with Gasteiger partial charge in [-0.05, 0) is 54.6 Å². The third-order valence-corrected chi connectivity index (χ3v) is 3.02. The lowest BCUT2D eigenvalue weighted by molar-refractivity contribution is 0.475. The number of hydrogen-bond acceptors (Lipinski definition) is 2. The van der Waals surface area contributed by atoms with Crippen LogP contribution in [0.4, 0.5) is 0 Å². The average Bonchev–Trinajstić information content (AvgIpc) is 2.49. The number of phenols is 2. The van der Waals surface area contributed by atoms with E-state index in [0.717, 1.165) is 22.6 Å². The van der Waals surface area contributed by atoms with Crippen LogP contribution >= 0.6 is 0 Å². The molecule has 2 aromatic carbocycles. The van der Waals surface area contributed by atoms with Crippen LogP contribution in [0.15, 0.2) is 71.1 Å². The number of benzene rings is 2. The quantitative estimate of drug-likeness (QED) is 0.679. The van der Waals surface area contributed by atoms with E-state index in [2.05, 4.69) is 0 Å². The maximum atomic E-state index is 9.31. The molecule has 0 amide bonds. The van der Waals surface area contributed by atoms with Crippen molar-refractivity contribution in [1.29, 1.82) is 0 Å². The van der Waals surface area contributed by atoms with Crippen molar-refractivity contribution >= 4 is 0 Å². The molecule has 3 heteroatoms. The summed E-state index contributed by atoms with van der Waals surface area (Å²) in [5.74, 6) is 1.89. The molecule has 0 saturated heterocycles. The fourth-order valence-electron chi connectivity index (χ4n) is 1.97. The lowest BCUT2D eigenvalue weighted by Gasteiger charge is -1.96. The summed E-state index contributed by atoms with van der Waals surface area (Å²) in [7, 11) is 0. The molecule has 3 rings (SSSR count). The Hall–Kier alpha value is -2.81. The van der Waals surface area contributed by atoms with Gasteiger partial charge in [-0.15, -0.1) is 0 Å². The number of phenolic OH excluding ortho intramolecular Hbond substituents is 2. The van der Waals surface area contributed by atoms with E-state index < -0.39 is 0 Å². The van der Waals surface area contributed by atoms with Gasteiger partial charge >= 0.3 is 11.5 Å². The fourth-order valence-corrected chi connectivity index (χ4v) is 1.97. The van der Waals surface area contributed by atoms with Crippen LogP contribution in [0.5, 0.6) is 11.5 Å². The molecule has 0 spiro atoms. The van der Waals surface area contributed by atoms with Crippen LogP contribution in [0, 0.1) is 0 Å². The van der Waals surface area contributed by atoms with Gasteiger partial charge in [0.25, 0.3) is 0 Å². The Morgan fingerprint density at radius 3 is 1.35 bits per heavy atom. The van der Waals surface area contributed by atoms with Gasteiger partial charge in [0, 0.05) is 12.1 Å². The minimum atomic E-state index is 0.225. The highest BCUT2D eigenvalue weighted by Crippen LogP contribution is 2.28. The van der Waals surface area contributed by atoms with Crippen molar-refractivity contribution in [2.75, 3.05) is 0 Å². The molecule has 0 aliphatic heterocycles. The third kappa shape index (κ3) is 2.47. The van der Waals surface area contributed by atoms with Crippen molar-refractivity contribution in [2.45, 2.75) is 0 Å². The summed E-state index contributed by atoms with van der Waals surface area (Å²) in [6, 6.07) is 19.3. The molecule has 2 N–H and O–H groups in total. The molecule has 0 bridgehead atoms. The minimum absolute atomic E-state index is 0.225. The van der Waals surface area contributed by atoms with Crippen LogP contribution in [0.1, 0.15) is 0 Å². The zero-order valence-corrected chi connectivity index (χ0v) is 10.7. The molecular formula is C17H13O3+. The SMILES string of the molecule is Oc1ccc(-c2cccc(-c3ccc(O)cc3)[o+]2)cc1. The smallest absolute Gasteiger partial charge is 0.360 e. The second kappa shape index (κ2) is 5.05. The first-order valence-electron chi connectivity index (χ1n) is 6.24. The molecule has 20 heavy (non-hydrogen) atoms. The Bertz CT molecular complexity index is 655. The molecule has 1 aromatic heterocycles. The summed E-state index contributed by atoms with van der Waals surface area (Å²) in [5, 5.41) is 18.6. The standard InChI is InChI=1S/C17H12O3/c18-14-8-4-12(5-9-14)16-2-1-3-17(20-16)13-6-10-15(19)11-7-13/h1-11H,(H-,18,19)/p+1. The van der Waals surface area contributed by atoms with Gasteiger partial charge in [0.05, 0.1) is 11.1 Å². The van der Waals surface area contributed by atoms with Crippen molar-refractivity contribution in [3.63, 3.8) is 0 Å². The highest BCUT2D eigenvalue weighted by Gasteiger charge is 2.16. The van der Waals surface area contributed by atoms with Crippen molar-refractivity contribution in [2.24, 2.45) is 0 Å². The molecule has 0 fully saturated rings. The molecule has 3 nitrogen and oxygen atoms in total. The van der Waals surface area contributed by atoms with E-state index in [4.69, 9.17) is 4.42 Å². The maximum Gasteiger partial charge on any atom is 0.360 e. The van der Waals surface area contributed by atoms with Crippen LogP contribution in [-0.2, 0) is 0 Å². The summed E-state index contributed by atoms with van der Waals surface area (Å²) in [4.78, 5) is 0. The van der Waals surface area contributed by atoms with Crippen LogP contribution < -0.4 is 0 Å². The Morgan fingerprint density at radius 1 is 0.550 bits per heavy atom. The van der Waals surface area contributed by atoms with Crippen LogP contribution in [0.25, 0.3) is 22.6 Å². The highest BCUT2D eigenvalue weighted by molar-refractivity contribution is 5.63. The topological polar surface area (TPSA) is 51.8 Å². The van der Waals surface area contributed by atoms with Gasteiger partial charge in [-0.3, -0.25) is 0 Å². The molecule has 0 saturated carbocycles. The van der Waals surface area contributed by atoms with Gasteiger partial charge in [-0.2, -0.15) is 0 Å². The molecular weight excluding hydrogens is 252 g/mol. The Kier molecular flexibility index (Phi) is 3.09. The van der Waals surface area contributed by atoms with Crippen LogP contribution in [-0.4, -0.2) is 10.2 Å². The summed E-state index contributed by atoms with van der Waals surface area (Å²) in [5.41, 5.74) is 1.78. The van der Waals surface area contributed by atoms with Crippen molar-refractivity contribution in [3.05, 3.63) is 66.7 Å². The lowest BCUT2D eigenvalue weighted by atomic mass is 10.1. The second-order valence-electron chi connectivity index (χ2n) is 4.45. The second-order valence-corrected chi connectivity index (χ2v) is 4.45. The fraction of sp³-hybridized carbons (Fsp3) is 0. The van der Waals surface area contributed by atoms with E-state index in [-0.39, 0.29) is 11.5 Å². The summed E-state index contributed by atoms with van der Waals surface area (Å²) in [6.45, 7) is 0. The van der Waals surface area contributed by atoms with E-state index in [9.17, 15) is 10.2 Å². The molecule has 0 aliphatic carbocycles. The van der Waals surface area contributed by atoms with E-state index in [0.29, 0.717) is 0 Å². The molecule has 1 heterocycles. The molecule has 3 aromatic rings. The van der Waals surface area contributed by atoms with E-state index in [1.165, 1.54) is 0 Å². The van der Waals surface area contributed by atoms with E-state index in [1.54, 1.807) is 48.5 Å². The van der Waals surface area contributed by atoms with Gasteiger partial charge in [0.2, 0.25) is 0 Å². The first-order valence-corrected chi connectivity index (χ1v) is 6.24. The summed E-state index contributed by atoms with van der Waals surface area (Å²) in [6.07, 6.45) is 0. The summed E-state index contributed by atoms with van der Waals surface area (Å²) < 4.78 is 5.87. The number of aromatic hydroxyl groups is 2. The number of rotatable bonds is 2. The largest absolute Gasteiger partial charge is 0.508 e. The van der Waals surface area contributed by atoms with Gasteiger partial charge < -0.3 is 10.2 Å². The Balaban J connectivity index is 2.01. The first kappa shape index (κ1) is 12.2. The first-order chi connectivity index (χ1) is 9.72. The van der Waals surface area contributed by atoms with Crippen LogP contribution in [0.3, 0.4) is 0 Å². The normalized spacial score (nSPS) is 10.4. The Labute approximate surface area is 116 Å². The summed E-state index contributed by atoms with van der Waals surface area (Å²) >= 11 is 0. The van der Waals surface area contributed by atoms with Crippen molar-refractivity contribution in [3.8, 4) is 34.1 Å². The minimum Gasteiger partial charge on any atom is -0.508 e. The molecule has 0 unspecified atom stereocenters. The highest BCUT2D eigenvalue weighted by atomic mass is 16.3. The van der Waals surface area contributed by atoms with Gasteiger partial charge in [0.15, 0.2) is 0 Å². The van der Waals surface area contributed by atoms with Gasteiger partial charge in [-0.25, -0.2) is 4.42 Å². The van der Waals surface area contributed by atoms with Crippen LogP contribution in [0.2, 0.25) is 0 Å². The molecule has 0 atom stereocenters. The van der Waals surface area contributed by atoms with E-state index >= 15 is 0 Å². The van der Waals surface area contributed by atoms with E-state index in [1.807, 2.05) is 18.2 Å². The Morgan fingerprint density at radius 2 is 0.950 bits per heavy atom. The lowest BCUT2D eigenvalue weighted by Crippen LogP contribution is -1.81. The van der Waals surface area contributed by atoms with Crippen molar-refractivity contribution < 1.29 is 14.6 Å². The maximum absolute atomic E-state index is 9.31. The molecule has 98 valence electrons. The van der Waals surface area contributed by atoms with Gasteiger partial charge in [-0.1, -0.05) is 0 Å². The molecule has 0 radical (unpaired) electrons. The van der Waals surface area contributed by atoms with Gasteiger partial charge in [0.1, 0.15) is 11.5 Å². The number of hydrogen-bond donors (Lipinski definition) is 2.